The van der Waals surface area contributed by atoms with Crippen LogP contribution in [0.5, 0.6) is 5.75 Å². The maximum absolute atomic E-state index is 11.7. The molecule has 0 bridgehead atoms. The van der Waals surface area contributed by atoms with Gasteiger partial charge in [0.1, 0.15) is 5.75 Å². The lowest BCUT2D eigenvalue weighted by molar-refractivity contribution is 0.0951. The molecule has 6 nitrogen and oxygen atoms in total. The van der Waals surface area contributed by atoms with E-state index >= 15 is 0 Å². The van der Waals surface area contributed by atoms with Crippen LogP contribution in [0.4, 0.5) is 0 Å². The minimum atomic E-state index is -0.315. The number of H-pyrrole nitrogens is 1. The van der Waals surface area contributed by atoms with Crippen molar-refractivity contribution in [2.75, 3.05) is 6.54 Å². The summed E-state index contributed by atoms with van der Waals surface area (Å²) in [5.74, 6) is -0.434. The van der Waals surface area contributed by atoms with E-state index in [1.165, 1.54) is 18.5 Å². The number of pyridine rings is 1. The number of amides is 1. The molecule has 1 amide bonds. The molecule has 88 valence electrons. The molecule has 0 aliphatic rings. The summed E-state index contributed by atoms with van der Waals surface area (Å²) in [6, 6.07) is 1.47. The molecule has 0 spiro atoms. The fourth-order valence-corrected chi connectivity index (χ4v) is 1.41. The summed E-state index contributed by atoms with van der Waals surface area (Å²) in [6.07, 6.45) is 6.66. The standard InChI is InChI=1S/C11H12N4O2/c16-10-6-12-3-2-9(10)11(17)14-4-1-8-5-13-7-15-8/h2-3,5-7,16H,1,4H2,(H,13,15)(H,14,17). The number of hydrogen-bond acceptors (Lipinski definition) is 4. The van der Waals surface area contributed by atoms with Gasteiger partial charge < -0.3 is 15.4 Å². The number of aromatic nitrogens is 3. The molecule has 0 atom stereocenters. The summed E-state index contributed by atoms with van der Waals surface area (Å²) >= 11 is 0. The summed E-state index contributed by atoms with van der Waals surface area (Å²) in [5, 5.41) is 12.1. The predicted molar refractivity (Wildman–Crippen MR) is 60.5 cm³/mol. The molecular weight excluding hydrogens is 220 g/mol. The van der Waals surface area contributed by atoms with E-state index in [0.717, 1.165) is 5.69 Å². The summed E-state index contributed by atoms with van der Waals surface area (Å²) in [4.78, 5) is 22.2. The molecule has 2 heterocycles. The van der Waals surface area contributed by atoms with Crippen molar-refractivity contribution >= 4 is 5.91 Å². The zero-order valence-electron chi connectivity index (χ0n) is 9.05. The molecule has 17 heavy (non-hydrogen) atoms. The largest absolute Gasteiger partial charge is 0.505 e. The molecule has 0 saturated heterocycles. The Morgan fingerprint density at radius 1 is 1.41 bits per heavy atom. The first-order valence-electron chi connectivity index (χ1n) is 5.16. The van der Waals surface area contributed by atoms with Gasteiger partial charge in [0, 0.05) is 31.1 Å². The van der Waals surface area contributed by atoms with Crippen LogP contribution in [0.15, 0.2) is 31.0 Å². The van der Waals surface area contributed by atoms with Crippen molar-refractivity contribution in [3.63, 3.8) is 0 Å². The highest BCUT2D eigenvalue weighted by atomic mass is 16.3. The number of carbonyl (C=O) groups excluding carboxylic acids is 1. The van der Waals surface area contributed by atoms with Gasteiger partial charge in [-0.1, -0.05) is 0 Å². The van der Waals surface area contributed by atoms with Crippen molar-refractivity contribution in [3.05, 3.63) is 42.2 Å². The van der Waals surface area contributed by atoms with Crippen LogP contribution in [-0.2, 0) is 6.42 Å². The molecule has 0 aliphatic heterocycles. The van der Waals surface area contributed by atoms with E-state index in [-0.39, 0.29) is 17.2 Å². The van der Waals surface area contributed by atoms with Crippen LogP contribution in [0, 0.1) is 0 Å². The average molecular weight is 232 g/mol. The van der Waals surface area contributed by atoms with Crippen molar-refractivity contribution in [1.29, 1.82) is 0 Å². The Labute approximate surface area is 97.7 Å². The van der Waals surface area contributed by atoms with Gasteiger partial charge >= 0.3 is 0 Å². The van der Waals surface area contributed by atoms with E-state index in [1.807, 2.05) is 0 Å². The zero-order valence-corrected chi connectivity index (χ0v) is 9.05. The summed E-state index contributed by atoms with van der Waals surface area (Å²) in [5.41, 5.74) is 1.17. The van der Waals surface area contributed by atoms with Gasteiger partial charge in [-0.05, 0) is 6.07 Å². The topological polar surface area (TPSA) is 90.9 Å². The molecule has 0 aliphatic carbocycles. The van der Waals surface area contributed by atoms with E-state index in [4.69, 9.17) is 0 Å². The summed E-state index contributed by atoms with van der Waals surface area (Å²) in [6.45, 7) is 0.475. The van der Waals surface area contributed by atoms with Crippen molar-refractivity contribution in [2.24, 2.45) is 0 Å². The van der Waals surface area contributed by atoms with E-state index in [0.29, 0.717) is 13.0 Å². The fourth-order valence-electron chi connectivity index (χ4n) is 1.41. The first-order chi connectivity index (χ1) is 8.27. The van der Waals surface area contributed by atoms with Gasteiger partial charge in [0.15, 0.2) is 0 Å². The molecular formula is C11H12N4O2. The molecule has 2 rings (SSSR count). The number of nitrogens with one attached hydrogen (secondary N) is 2. The normalized spacial score (nSPS) is 10.1. The third kappa shape index (κ3) is 2.81. The number of rotatable bonds is 4. The molecule has 2 aromatic heterocycles. The third-order valence-electron chi connectivity index (χ3n) is 2.28. The Kier molecular flexibility index (Phi) is 3.34. The number of carbonyl (C=O) groups is 1. The number of aromatic hydroxyl groups is 1. The molecule has 0 unspecified atom stereocenters. The Morgan fingerprint density at radius 3 is 3.00 bits per heavy atom. The molecule has 2 aromatic rings. The number of hydrogen-bond donors (Lipinski definition) is 3. The molecule has 0 radical (unpaired) electrons. The quantitative estimate of drug-likeness (QED) is 0.715. The first-order valence-corrected chi connectivity index (χ1v) is 5.16. The zero-order chi connectivity index (χ0) is 12.1. The Balaban J connectivity index is 1.88. The second kappa shape index (κ2) is 5.11. The number of imidazole rings is 1. The lowest BCUT2D eigenvalue weighted by Crippen LogP contribution is -2.25. The second-order valence-corrected chi connectivity index (χ2v) is 3.48. The van der Waals surface area contributed by atoms with E-state index in [1.54, 1.807) is 12.5 Å². The molecule has 3 N–H and O–H groups in total. The van der Waals surface area contributed by atoms with Crippen molar-refractivity contribution < 1.29 is 9.90 Å². The lowest BCUT2D eigenvalue weighted by atomic mass is 10.2. The van der Waals surface area contributed by atoms with Crippen LogP contribution in [0.25, 0.3) is 0 Å². The number of aromatic amines is 1. The van der Waals surface area contributed by atoms with Crippen molar-refractivity contribution in [2.45, 2.75) is 6.42 Å². The fraction of sp³-hybridized carbons (Fsp3) is 0.182. The van der Waals surface area contributed by atoms with Crippen molar-refractivity contribution in [1.82, 2.24) is 20.3 Å². The first kappa shape index (κ1) is 11.1. The minimum absolute atomic E-state index is 0.119. The highest BCUT2D eigenvalue weighted by molar-refractivity contribution is 5.96. The van der Waals surface area contributed by atoms with Gasteiger partial charge in [0.2, 0.25) is 0 Å². The van der Waals surface area contributed by atoms with Crippen LogP contribution >= 0.6 is 0 Å². The van der Waals surface area contributed by atoms with Gasteiger partial charge in [-0.3, -0.25) is 9.78 Å². The summed E-state index contributed by atoms with van der Waals surface area (Å²) < 4.78 is 0. The maximum atomic E-state index is 11.7. The monoisotopic (exact) mass is 232 g/mol. The van der Waals surface area contributed by atoms with Crippen LogP contribution in [-0.4, -0.2) is 32.5 Å². The highest BCUT2D eigenvalue weighted by Gasteiger charge is 2.09. The SMILES string of the molecule is O=C(NCCc1cnc[nH]1)c1ccncc1O. The van der Waals surface area contributed by atoms with Crippen LogP contribution in [0.3, 0.4) is 0 Å². The minimum Gasteiger partial charge on any atom is -0.505 e. The molecule has 6 heteroatoms. The van der Waals surface area contributed by atoms with Gasteiger partial charge in [-0.15, -0.1) is 0 Å². The smallest absolute Gasteiger partial charge is 0.255 e. The van der Waals surface area contributed by atoms with Gasteiger partial charge in [0.05, 0.1) is 18.1 Å². The van der Waals surface area contributed by atoms with E-state index < -0.39 is 0 Å². The van der Waals surface area contributed by atoms with E-state index in [9.17, 15) is 9.90 Å². The van der Waals surface area contributed by atoms with Gasteiger partial charge in [-0.2, -0.15) is 0 Å². The lowest BCUT2D eigenvalue weighted by Gasteiger charge is -2.05. The Hall–Kier alpha value is -2.37. The average Bonchev–Trinajstić information content (AvgIpc) is 2.82. The maximum Gasteiger partial charge on any atom is 0.255 e. The number of nitrogens with zero attached hydrogens (tertiary/aromatic N) is 2. The Morgan fingerprint density at radius 2 is 2.29 bits per heavy atom. The van der Waals surface area contributed by atoms with Crippen LogP contribution < -0.4 is 5.32 Å². The van der Waals surface area contributed by atoms with Crippen molar-refractivity contribution in [3.8, 4) is 5.75 Å². The predicted octanol–water partition coefficient (Wildman–Crippen LogP) is 0.483. The molecule has 0 fully saturated rings. The highest BCUT2D eigenvalue weighted by Crippen LogP contribution is 2.13. The van der Waals surface area contributed by atoms with Gasteiger partial charge in [0.25, 0.3) is 5.91 Å². The van der Waals surface area contributed by atoms with E-state index in [2.05, 4.69) is 20.3 Å². The Bertz CT molecular complexity index is 496. The van der Waals surface area contributed by atoms with Gasteiger partial charge in [-0.25, -0.2) is 4.98 Å². The van der Waals surface area contributed by atoms with Crippen LogP contribution in [0.2, 0.25) is 0 Å². The van der Waals surface area contributed by atoms with Crippen LogP contribution in [0.1, 0.15) is 16.1 Å². The third-order valence-corrected chi connectivity index (χ3v) is 2.28. The summed E-state index contributed by atoms with van der Waals surface area (Å²) in [7, 11) is 0. The molecule has 0 aromatic carbocycles. The second-order valence-electron chi connectivity index (χ2n) is 3.48. The molecule has 0 saturated carbocycles.